The fourth-order valence-electron chi connectivity index (χ4n) is 1.93. The average molecular weight is 301 g/mol. The first-order valence-corrected chi connectivity index (χ1v) is 6.76. The average Bonchev–Trinajstić information content (AvgIpc) is 2.49. The number of benzene rings is 2. The van der Waals surface area contributed by atoms with Gasteiger partial charge < -0.3 is 10.1 Å². The standard InChI is InChI=1S/C17H16FNO3/c1-11-5-3-4-6-14(11)17(21)22-10-16(20)19-15-9-13(18)8-7-12(15)2/h3-9H,10H2,1-2H3,(H,19,20). The van der Waals surface area contributed by atoms with Gasteiger partial charge in [-0.05, 0) is 43.2 Å². The molecule has 0 unspecified atom stereocenters. The second-order valence-corrected chi connectivity index (χ2v) is 4.90. The third-order valence-corrected chi connectivity index (χ3v) is 3.17. The van der Waals surface area contributed by atoms with E-state index in [0.717, 1.165) is 11.1 Å². The molecule has 1 amide bonds. The summed E-state index contributed by atoms with van der Waals surface area (Å²) in [7, 11) is 0. The second kappa shape index (κ2) is 6.85. The lowest BCUT2D eigenvalue weighted by Crippen LogP contribution is -2.21. The molecule has 1 N–H and O–H groups in total. The van der Waals surface area contributed by atoms with Gasteiger partial charge >= 0.3 is 5.97 Å². The van der Waals surface area contributed by atoms with Crippen LogP contribution in [-0.4, -0.2) is 18.5 Å². The molecule has 4 nitrogen and oxygen atoms in total. The highest BCUT2D eigenvalue weighted by Crippen LogP contribution is 2.16. The summed E-state index contributed by atoms with van der Waals surface area (Å²) in [4.78, 5) is 23.7. The van der Waals surface area contributed by atoms with Crippen LogP contribution in [0.4, 0.5) is 10.1 Å². The third-order valence-electron chi connectivity index (χ3n) is 3.17. The normalized spacial score (nSPS) is 10.1. The molecular weight excluding hydrogens is 285 g/mol. The number of rotatable bonds is 4. The van der Waals surface area contributed by atoms with E-state index in [9.17, 15) is 14.0 Å². The maximum atomic E-state index is 13.1. The van der Waals surface area contributed by atoms with Gasteiger partial charge in [-0.1, -0.05) is 24.3 Å². The smallest absolute Gasteiger partial charge is 0.338 e. The summed E-state index contributed by atoms with van der Waals surface area (Å²) in [5, 5.41) is 2.52. The molecule has 0 atom stereocenters. The Labute approximate surface area is 127 Å². The van der Waals surface area contributed by atoms with Gasteiger partial charge in [-0.15, -0.1) is 0 Å². The number of halogens is 1. The van der Waals surface area contributed by atoms with Crippen LogP contribution in [0.5, 0.6) is 0 Å². The van der Waals surface area contributed by atoms with Crippen LogP contribution in [0.15, 0.2) is 42.5 Å². The van der Waals surface area contributed by atoms with Gasteiger partial charge in [-0.3, -0.25) is 4.79 Å². The number of esters is 1. The Bertz CT molecular complexity index is 713. The van der Waals surface area contributed by atoms with E-state index >= 15 is 0 Å². The van der Waals surface area contributed by atoms with Crippen LogP contribution in [0.2, 0.25) is 0 Å². The second-order valence-electron chi connectivity index (χ2n) is 4.90. The van der Waals surface area contributed by atoms with E-state index in [1.807, 2.05) is 6.07 Å². The number of aryl methyl sites for hydroxylation is 2. The van der Waals surface area contributed by atoms with Crippen LogP contribution < -0.4 is 5.32 Å². The zero-order valence-electron chi connectivity index (χ0n) is 12.4. The molecule has 5 heteroatoms. The minimum absolute atomic E-state index is 0.358. The zero-order chi connectivity index (χ0) is 16.1. The molecular formula is C17H16FNO3. The van der Waals surface area contributed by atoms with Gasteiger partial charge in [0, 0.05) is 5.69 Å². The number of carbonyl (C=O) groups is 2. The molecule has 0 aliphatic carbocycles. The van der Waals surface area contributed by atoms with E-state index in [0.29, 0.717) is 11.3 Å². The van der Waals surface area contributed by atoms with E-state index in [4.69, 9.17) is 4.74 Å². The first kappa shape index (κ1) is 15.7. The predicted octanol–water partition coefficient (Wildman–Crippen LogP) is 3.24. The first-order valence-electron chi connectivity index (χ1n) is 6.76. The van der Waals surface area contributed by atoms with E-state index in [1.165, 1.54) is 12.1 Å². The van der Waals surface area contributed by atoms with Crippen molar-refractivity contribution in [2.75, 3.05) is 11.9 Å². The topological polar surface area (TPSA) is 55.4 Å². The summed E-state index contributed by atoms with van der Waals surface area (Å²) in [5.41, 5.74) is 2.27. The minimum atomic E-state index is -0.566. The third kappa shape index (κ3) is 3.91. The number of hydrogen-bond donors (Lipinski definition) is 1. The lowest BCUT2D eigenvalue weighted by atomic mass is 10.1. The van der Waals surface area contributed by atoms with E-state index in [2.05, 4.69) is 5.32 Å². The molecule has 0 aliphatic rings. The van der Waals surface area contributed by atoms with Crippen molar-refractivity contribution in [2.24, 2.45) is 0 Å². The fourth-order valence-corrected chi connectivity index (χ4v) is 1.93. The molecule has 0 heterocycles. The summed E-state index contributed by atoms with van der Waals surface area (Å²) in [6.45, 7) is 3.10. The quantitative estimate of drug-likeness (QED) is 0.882. The highest BCUT2D eigenvalue weighted by atomic mass is 19.1. The summed E-state index contributed by atoms with van der Waals surface area (Å²) in [5.74, 6) is -1.53. The Morgan fingerprint density at radius 1 is 1.09 bits per heavy atom. The first-order chi connectivity index (χ1) is 10.5. The van der Waals surface area contributed by atoms with Crippen molar-refractivity contribution in [3.63, 3.8) is 0 Å². The van der Waals surface area contributed by atoms with Gasteiger partial charge in [-0.25, -0.2) is 9.18 Å². The van der Waals surface area contributed by atoms with Crippen molar-refractivity contribution in [2.45, 2.75) is 13.8 Å². The monoisotopic (exact) mass is 301 g/mol. The maximum Gasteiger partial charge on any atom is 0.338 e. The van der Waals surface area contributed by atoms with Gasteiger partial charge in [-0.2, -0.15) is 0 Å². The molecule has 22 heavy (non-hydrogen) atoms. The van der Waals surface area contributed by atoms with Crippen molar-refractivity contribution >= 4 is 17.6 Å². The number of amides is 1. The fraction of sp³-hybridized carbons (Fsp3) is 0.176. The lowest BCUT2D eigenvalue weighted by Gasteiger charge is -2.09. The van der Waals surface area contributed by atoms with E-state index in [-0.39, 0.29) is 0 Å². The number of carbonyl (C=O) groups excluding carboxylic acids is 2. The van der Waals surface area contributed by atoms with Gasteiger partial charge in [0.05, 0.1) is 5.56 Å². The van der Waals surface area contributed by atoms with Gasteiger partial charge in [0.1, 0.15) is 5.82 Å². The molecule has 0 saturated carbocycles. The predicted molar refractivity (Wildman–Crippen MR) is 81.2 cm³/mol. The van der Waals surface area contributed by atoms with Crippen LogP contribution in [0.1, 0.15) is 21.5 Å². The molecule has 114 valence electrons. The highest BCUT2D eigenvalue weighted by Gasteiger charge is 2.13. The SMILES string of the molecule is Cc1ccc(F)cc1NC(=O)COC(=O)c1ccccc1C. The Hall–Kier alpha value is -2.69. The van der Waals surface area contributed by atoms with Gasteiger partial charge in [0.15, 0.2) is 6.61 Å². The Kier molecular flexibility index (Phi) is 4.88. The molecule has 0 aliphatic heterocycles. The van der Waals surface area contributed by atoms with E-state index in [1.54, 1.807) is 38.1 Å². The number of hydrogen-bond acceptors (Lipinski definition) is 3. The summed E-state index contributed by atoms with van der Waals surface area (Å²) in [6, 6.07) is 11.0. The van der Waals surface area contributed by atoms with E-state index < -0.39 is 24.3 Å². The van der Waals surface area contributed by atoms with Crippen LogP contribution in [0.3, 0.4) is 0 Å². The van der Waals surface area contributed by atoms with Crippen molar-refractivity contribution in [3.8, 4) is 0 Å². The van der Waals surface area contributed by atoms with Gasteiger partial charge in [0.25, 0.3) is 5.91 Å². The summed E-state index contributed by atoms with van der Waals surface area (Å²) >= 11 is 0. The molecule has 0 fully saturated rings. The Morgan fingerprint density at radius 2 is 1.82 bits per heavy atom. The van der Waals surface area contributed by atoms with Crippen molar-refractivity contribution in [1.29, 1.82) is 0 Å². The molecule has 2 aromatic carbocycles. The summed E-state index contributed by atoms with van der Waals surface area (Å²) < 4.78 is 18.1. The largest absolute Gasteiger partial charge is 0.452 e. The van der Waals surface area contributed by atoms with Crippen LogP contribution in [-0.2, 0) is 9.53 Å². The van der Waals surface area contributed by atoms with Crippen molar-refractivity contribution in [3.05, 3.63) is 65.0 Å². The van der Waals surface area contributed by atoms with Crippen molar-refractivity contribution in [1.82, 2.24) is 0 Å². The number of anilines is 1. The van der Waals surface area contributed by atoms with Crippen molar-refractivity contribution < 1.29 is 18.7 Å². The molecule has 2 rings (SSSR count). The molecule has 0 spiro atoms. The maximum absolute atomic E-state index is 13.1. The zero-order valence-corrected chi connectivity index (χ0v) is 12.4. The van der Waals surface area contributed by atoms with Crippen LogP contribution in [0, 0.1) is 19.7 Å². The molecule has 0 aromatic heterocycles. The summed E-state index contributed by atoms with van der Waals surface area (Å²) in [6.07, 6.45) is 0. The number of ether oxygens (including phenoxy) is 1. The Balaban J connectivity index is 1.94. The molecule has 0 bridgehead atoms. The number of nitrogens with one attached hydrogen (secondary N) is 1. The molecule has 2 aromatic rings. The molecule has 0 saturated heterocycles. The van der Waals surface area contributed by atoms with Crippen LogP contribution in [0.25, 0.3) is 0 Å². The Morgan fingerprint density at radius 3 is 2.55 bits per heavy atom. The van der Waals surface area contributed by atoms with Crippen LogP contribution >= 0.6 is 0 Å². The van der Waals surface area contributed by atoms with Gasteiger partial charge in [0.2, 0.25) is 0 Å². The minimum Gasteiger partial charge on any atom is -0.452 e. The lowest BCUT2D eigenvalue weighted by molar-refractivity contribution is -0.119. The molecule has 0 radical (unpaired) electrons. The highest BCUT2D eigenvalue weighted by molar-refractivity contribution is 5.96.